The molecule has 2 aliphatic rings. The van der Waals surface area contributed by atoms with E-state index in [1.807, 2.05) is 19.1 Å². The maximum atomic E-state index is 12.6. The Kier molecular flexibility index (Phi) is 6.81. The van der Waals surface area contributed by atoms with Gasteiger partial charge in [0.25, 0.3) is 0 Å². The predicted molar refractivity (Wildman–Crippen MR) is 111 cm³/mol. The minimum atomic E-state index is -0.558. The molecule has 0 heterocycles. The van der Waals surface area contributed by atoms with Crippen molar-refractivity contribution < 1.29 is 19.1 Å². The van der Waals surface area contributed by atoms with Crippen LogP contribution in [-0.4, -0.2) is 30.6 Å². The lowest BCUT2D eigenvalue weighted by Gasteiger charge is -2.18. The van der Waals surface area contributed by atoms with Crippen molar-refractivity contribution in [1.29, 1.82) is 0 Å². The van der Waals surface area contributed by atoms with Crippen LogP contribution in [-0.2, 0) is 19.1 Å². The molecule has 0 spiro atoms. The number of hydrogen-bond donors (Lipinski definition) is 0. The largest absolute Gasteiger partial charge is 0.465 e. The molecule has 0 N–H and O–H groups in total. The lowest BCUT2D eigenvalue weighted by molar-refractivity contribution is -0.139. The fraction of sp³-hybridized carbons (Fsp3) is 0.333. The summed E-state index contributed by atoms with van der Waals surface area (Å²) < 4.78 is 10.7. The Balaban J connectivity index is 2.90. The molecule has 0 atom stereocenters. The number of carbonyl (C=O) groups is 2. The van der Waals surface area contributed by atoms with Crippen molar-refractivity contribution in [3.8, 4) is 0 Å². The minimum absolute atomic E-state index is 0.209. The molecule has 0 saturated heterocycles. The van der Waals surface area contributed by atoms with Gasteiger partial charge in [-0.05, 0) is 41.2 Å². The van der Waals surface area contributed by atoms with E-state index in [1.165, 1.54) is 14.2 Å². The quantitative estimate of drug-likeness (QED) is 0.350. The van der Waals surface area contributed by atoms with Crippen LogP contribution in [0.3, 0.4) is 0 Å². The number of rotatable bonds is 4. The van der Waals surface area contributed by atoms with Gasteiger partial charge in [0.15, 0.2) is 0 Å². The summed E-state index contributed by atoms with van der Waals surface area (Å²) in [6, 6.07) is 0. The topological polar surface area (TPSA) is 52.6 Å². The monoisotopic (exact) mass is 466 g/mol. The van der Waals surface area contributed by atoms with E-state index in [2.05, 4.69) is 48.6 Å². The zero-order chi connectivity index (χ0) is 19.4. The highest BCUT2D eigenvalue weighted by Crippen LogP contribution is 2.38. The van der Waals surface area contributed by atoms with E-state index in [-0.39, 0.29) is 11.1 Å². The minimum Gasteiger partial charge on any atom is -0.465 e. The van der Waals surface area contributed by atoms with Gasteiger partial charge < -0.3 is 9.47 Å². The smallest absolute Gasteiger partial charge is 0.339 e. The molecule has 26 heavy (non-hydrogen) atoms. The lowest BCUT2D eigenvalue weighted by atomic mass is 9.87. The Morgan fingerprint density at radius 1 is 1.04 bits per heavy atom. The van der Waals surface area contributed by atoms with E-state index >= 15 is 0 Å². The highest BCUT2D eigenvalue weighted by Gasteiger charge is 2.31. The van der Waals surface area contributed by atoms with Gasteiger partial charge >= 0.3 is 11.9 Å². The molecule has 0 radical (unpaired) electrons. The van der Waals surface area contributed by atoms with Crippen molar-refractivity contribution in [2.45, 2.75) is 20.8 Å². The first kappa shape index (κ1) is 20.4. The molecule has 138 valence electrons. The molecule has 0 aliphatic heterocycles. The molecule has 5 heteroatoms. The third kappa shape index (κ3) is 3.92. The van der Waals surface area contributed by atoms with Gasteiger partial charge in [-0.3, -0.25) is 0 Å². The number of alkyl halides is 1. The zero-order valence-corrected chi connectivity index (χ0v) is 17.8. The number of allylic oxidation sites excluding steroid dienone is 10. The van der Waals surface area contributed by atoms with Crippen molar-refractivity contribution in [3.05, 3.63) is 69.4 Å². The van der Waals surface area contributed by atoms with Gasteiger partial charge in [0, 0.05) is 10.0 Å². The van der Waals surface area contributed by atoms with Crippen LogP contribution in [0.4, 0.5) is 0 Å². The normalized spacial score (nSPS) is 17.1. The van der Waals surface area contributed by atoms with Crippen molar-refractivity contribution in [2.75, 3.05) is 18.6 Å². The molecule has 0 aromatic carbocycles. The number of methoxy groups -OCH3 is 2. The van der Waals surface area contributed by atoms with Crippen LogP contribution in [0.5, 0.6) is 0 Å². The second-order valence-electron chi connectivity index (χ2n) is 6.37. The summed E-state index contributed by atoms with van der Waals surface area (Å²) in [7, 11) is 2.63. The molecule has 4 nitrogen and oxygen atoms in total. The van der Waals surface area contributed by atoms with Crippen molar-refractivity contribution in [1.82, 2.24) is 0 Å². The fourth-order valence-electron chi connectivity index (χ4n) is 2.95. The Morgan fingerprint density at radius 2 is 1.69 bits per heavy atom. The molecular formula is C21H23IO4. The molecule has 2 rings (SSSR count). The van der Waals surface area contributed by atoms with Crippen LogP contribution in [0, 0.1) is 5.92 Å². The first-order valence-electron chi connectivity index (χ1n) is 8.35. The van der Waals surface area contributed by atoms with Gasteiger partial charge in [-0.1, -0.05) is 60.7 Å². The molecule has 0 saturated carbocycles. The van der Waals surface area contributed by atoms with Crippen molar-refractivity contribution >= 4 is 34.5 Å². The first-order valence-corrected chi connectivity index (χ1v) is 9.87. The van der Waals surface area contributed by atoms with Crippen LogP contribution in [0.1, 0.15) is 20.8 Å². The number of hydrogen-bond acceptors (Lipinski definition) is 4. The van der Waals surface area contributed by atoms with Crippen LogP contribution < -0.4 is 0 Å². The van der Waals surface area contributed by atoms with E-state index < -0.39 is 11.9 Å². The average Bonchev–Trinajstić information content (AvgIpc) is 2.89. The van der Waals surface area contributed by atoms with Gasteiger partial charge in [-0.2, -0.15) is 0 Å². The van der Waals surface area contributed by atoms with Gasteiger partial charge in [0.05, 0.1) is 25.4 Å². The second-order valence-corrected chi connectivity index (χ2v) is 7.13. The zero-order valence-electron chi connectivity index (χ0n) is 15.7. The summed E-state index contributed by atoms with van der Waals surface area (Å²) in [4.78, 5) is 25.0. The molecule has 0 fully saturated rings. The second kappa shape index (κ2) is 8.66. The summed E-state index contributed by atoms with van der Waals surface area (Å²) in [6.45, 7) is 6.20. The Labute approximate surface area is 168 Å². The molecule has 0 amide bonds. The summed E-state index contributed by atoms with van der Waals surface area (Å²) in [5.74, 6) is -0.775. The third-order valence-electron chi connectivity index (χ3n) is 4.42. The van der Waals surface area contributed by atoms with E-state index in [0.29, 0.717) is 5.92 Å². The van der Waals surface area contributed by atoms with Gasteiger partial charge in [-0.15, -0.1) is 0 Å². The third-order valence-corrected chi connectivity index (χ3v) is 5.24. The molecule has 0 aromatic rings. The summed E-state index contributed by atoms with van der Waals surface area (Å²) in [6.07, 6.45) is 9.70. The van der Waals surface area contributed by atoms with E-state index in [0.717, 1.165) is 32.3 Å². The van der Waals surface area contributed by atoms with E-state index in [4.69, 9.17) is 9.47 Å². The maximum Gasteiger partial charge on any atom is 0.339 e. The van der Waals surface area contributed by atoms with Gasteiger partial charge in [0.1, 0.15) is 0 Å². The predicted octanol–water partition coefficient (Wildman–Crippen LogP) is 4.40. The highest BCUT2D eigenvalue weighted by molar-refractivity contribution is 14.1. The Hall–Kier alpha value is -1.89. The van der Waals surface area contributed by atoms with Gasteiger partial charge in [-0.25, -0.2) is 9.59 Å². The first-order chi connectivity index (χ1) is 12.3. The maximum absolute atomic E-state index is 12.6. The number of ether oxygens (including phenoxy) is 2. The number of carbonyl (C=O) groups excluding carboxylic acids is 2. The van der Waals surface area contributed by atoms with Crippen LogP contribution in [0.15, 0.2) is 69.4 Å². The van der Waals surface area contributed by atoms with Gasteiger partial charge in [0.2, 0.25) is 0 Å². The molecular weight excluding hydrogens is 443 g/mol. The average molecular weight is 466 g/mol. The lowest BCUT2D eigenvalue weighted by Crippen LogP contribution is -2.17. The fourth-order valence-corrected chi connectivity index (χ4v) is 3.62. The molecule has 2 aliphatic carbocycles. The Bertz CT molecular complexity index is 817. The highest BCUT2D eigenvalue weighted by atomic mass is 127. The van der Waals surface area contributed by atoms with Crippen molar-refractivity contribution in [2.24, 2.45) is 5.92 Å². The van der Waals surface area contributed by atoms with Crippen LogP contribution in [0.2, 0.25) is 0 Å². The van der Waals surface area contributed by atoms with E-state index in [9.17, 15) is 9.59 Å². The summed E-state index contributed by atoms with van der Waals surface area (Å²) >= 11 is 2.29. The standard InChI is InChI=1S/C21H23IO4/c1-12(2)14-7-6-13(3)18-17(10-14)15(11-22)8-9-16(20(23)25-4)19(18)21(24)26-5/h6-10,12H,11H2,1-5H3. The molecule has 0 bridgehead atoms. The SMILES string of the molecule is COC(=O)C1=CC=C(CI)C2=CC(C(C)C)=CC=C(C)C2=C1C(=O)OC. The van der Waals surface area contributed by atoms with E-state index in [1.54, 1.807) is 6.08 Å². The number of halogens is 1. The summed E-state index contributed by atoms with van der Waals surface area (Å²) in [5, 5.41) is 0. The van der Waals surface area contributed by atoms with Crippen LogP contribution in [0.25, 0.3) is 0 Å². The molecule has 0 aromatic heterocycles. The summed E-state index contributed by atoms with van der Waals surface area (Å²) in [5.41, 5.74) is 5.23. The van der Waals surface area contributed by atoms with Crippen molar-refractivity contribution in [3.63, 3.8) is 0 Å². The molecule has 0 unspecified atom stereocenters. The number of esters is 2. The van der Waals surface area contributed by atoms with Crippen LogP contribution >= 0.6 is 22.6 Å². The Morgan fingerprint density at radius 3 is 2.23 bits per heavy atom. The number of fused-ring (bicyclic) bond motifs is 1.